The van der Waals surface area contributed by atoms with Crippen LogP contribution in [0.1, 0.15) is 39.5 Å². The largest absolute Gasteiger partial charge is 0.460 e. The van der Waals surface area contributed by atoms with Crippen LogP contribution in [-0.2, 0) is 14.3 Å². The van der Waals surface area contributed by atoms with Crippen molar-refractivity contribution in [3.63, 3.8) is 0 Å². The summed E-state index contributed by atoms with van der Waals surface area (Å²) in [7, 11) is 0. The molecule has 0 saturated carbocycles. The van der Waals surface area contributed by atoms with Gasteiger partial charge < -0.3 is 9.47 Å². The number of hydrogen-bond donors (Lipinski definition) is 0. The predicted molar refractivity (Wildman–Crippen MR) is 49.4 cm³/mol. The number of esters is 1. The van der Waals surface area contributed by atoms with E-state index in [2.05, 4.69) is 0 Å². The highest BCUT2D eigenvalue weighted by molar-refractivity contribution is 5.69. The minimum Gasteiger partial charge on any atom is -0.460 e. The summed E-state index contributed by atoms with van der Waals surface area (Å²) in [5.74, 6) is -0.0920. The normalized spacial score (nSPS) is 28.5. The van der Waals surface area contributed by atoms with Gasteiger partial charge in [0.1, 0.15) is 6.10 Å². The van der Waals surface area contributed by atoms with E-state index in [1.807, 2.05) is 13.8 Å². The van der Waals surface area contributed by atoms with Crippen LogP contribution in [0.5, 0.6) is 0 Å². The molecule has 1 saturated heterocycles. The second-order valence-electron chi connectivity index (χ2n) is 3.58. The first-order chi connectivity index (χ1) is 6.22. The van der Waals surface area contributed by atoms with Gasteiger partial charge in [0.2, 0.25) is 0 Å². The zero-order valence-corrected chi connectivity index (χ0v) is 8.41. The van der Waals surface area contributed by atoms with Gasteiger partial charge in [-0.05, 0) is 26.2 Å². The molecular formula is C10H18O3. The minimum absolute atomic E-state index is 0.00440. The Morgan fingerprint density at radius 1 is 1.54 bits per heavy atom. The second kappa shape index (κ2) is 5.22. The molecule has 76 valence electrons. The first-order valence-electron chi connectivity index (χ1n) is 5.03. The van der Waals surface area contributed by atoms with E-state index >= 15 is 0 Å². The van der Waals surface area contributed by atoms with Gasteiger partial charge in [0, 0.05) is 6.42 Å². The van der Waals surface area contributed by atoms with Crippen molar-refractivity contribution in [1.29, 1.82) is 0 Å². The summed E-state index contributed by atoms with van der Waals surface area (Å²) in [5.41, 5.74) is 0. The Bertz CT molecular complexity index is 160. The van der Waals surface area contributed by atoms with Gasteiger partial charge in [0.25, 0.3) is 0 Å². The van der Waals surface area contributed by atoms with Crippen LogP contribution < -0.4 is 0 Å². The molecule has 2 unspecified atom stereocenters. The standard InChI is InChI=1S/C10H18O3/c1-3-4-10(11)13-9-6-5-8(2)12-7-9/h8-9H,3-7H2,1-2H3. The molecule has 0 aromatic rings. The molecule has 0 N–H and O–H groups in total. The lowest BCUT2D eigenvalue weighted by Gasteiger charge is -2.26. The maximum absolute atomic E-state index is 11.1. The van der Waals surface area contributed by atoms with E-state index in [0.717, 1.165) is 19.3 Å². The van der Waals surface area contributed by atoms with E-state index in [1.54, 1.807) is 0 Å². The zero-order valence-electron chi connectivity index (χ0n) is 8.41. The van der Waals surface area contributed by atoms with Crippen LogP contribution in [0.3, 0.4) is 0 Å². The molecule has 2 atom stereocenters. The third-order valence-corrected chi connectivity index (χ3v) is 2.21. The minimum atomic E-state index is -0.0920. The van der Waals surface area contributed by atoms with E-state index in [4.69, 9.17) is 9.47 Å². The quantitative estimate of drug-likeness (QED) is 0.631. The van der Waals surface area contributed by atoms with Crippen molar-refractivity contribution in [3.8, 4) is 0 Å². The van der Waals surface area contributed by atoms with Crippen molar-refractivity contribution in [2.24, 2.45) is 0 Å². The number of carbonyl (C=O) groups excluding carboxylic acids is 1. The van der Waals surface area contributed by atoms with Crippen molar-refractivity contribution in [2.75, 3.05) is 6.61 Å². The molecule has 3 heteroatoms. The molecule has 0 amide bonds. The fraction of sp³-hybridized carbons (Fsp3) is 0.900. The molecular weight excluding hydrogens is 168 g/mol. The van der Waals surface area contributed by atoms with Crippen molar-refractivity contribution >= 4 is 5.97 Å². The van der Waals surface area contributed by atoms with Crippen LogP contribution in [0.25, 0.3) is 0 Å². The van der Waals surface area contributed by atoms with Crippen molar-refractivity contribution in [2.45, 2.75) is 51.7 Å². The van der Waals surface area contributed by atoms with Gasteiger partial charge in [0.05, 0.1) is 12.7 Å². The van der Waals surface area contributed by atoms with Crippen molar-refractivity contribution in [3.05, 3.63) is 0 Å². The SMILES string of the molecule is CCCC(=O)OC1CCC(C)OC1. The van der Waals surface area contributed by atoms with Gasteiger partial charge >= 0.3 is 5.97 Å². The summed E-state index contributed by atoms with van der Waals surface area (Å²) in [6.45, 7) is 4.58. The van der Waals surface area contributed by atoms with Gasteiger partial charge in [-0.2, -0.15) is 0 Å². The molecule has 13 heavy (non-hydrogen) atoms. The topological polar surface area (TPSA) is 35.5 Å². The summed E-state index contributed by atoms with van der Waals surface area (Å²) < 4.78 is 10.6. The Balaban J connectivity index is 2.18. The second-order valence-corrected chi connectivity index (χ2v) is 3.58. The highest BCUT2D eigenvalue weighted by atomic mass is 16.6. The molecule has 0 aromatic heterocycles. The van der Waals surface area contributed by atoms with E-state index < -0.39 is 0 Å². The summed E-state index contributed by atoms with van der Waals surface area (Å²) in [4.78, 5) is 11.1. The van der Waals surface area contributed by atoms with Gasteiger partial charge in [-0.3, -0.25) is 4.79 Å². The summed E-state index contributed by atoms with van der Waals surface area (Å²) >= 11 is 0. The van der Waals surface area contributed by atoms with E-state index in [-0.39, 0.29) is 12.1 Å². The molecule has 0 aromatic carbocycles. The van der Waals surface area contributed by atoms with Crippen LogP contribution in [0.2, 0.25) is 0 Å². The van der Waals surface area contributed by atoms with Crippen molar-refractivity contribution in [1.82, 2.24) is 0 Å². The van der Waals surface area contributed by atoms with Crippen LogP contribution >= 0.6 is 0 Å². The molecule has 1 aliphatic heterocycles. The predicted octanol–water partition coefficient (Wildman–Crippen LogP) is 1.90. The summed E-state index contributed by atoms with van der Waals surface area (Å²) in [5, 5.41) is 0. The van der Waals surface area contributed by atoms with Crippen LogP contribution in [-0.4, -0.2) is 24.8 Å². The Labute approximate surface area is 79.4 Å². The third-order valence-electron chi connectivity index (χ3n) is 2.21. The monoisotopic (exact) mass is 186 g/mol. The van der Waals surface area contributed by atoms with E-state index in [1.165, 1.54) is 0 Å². The molecule has 3 nitrogen and oxygen atoms in total. The smallest absolute Gasteiger partial charge is 0.306 e. The first kappa shape index (κ1) is 10.5. The van der Waals surface area contributed by atoms with E-state index in [9.17, 15) is 4.79 Å². The van der Waals surface area contributed by atoms with Gasteiger partial charge in [-0.25, -0.2) is 0 Å². The van der Waals surface area contributed by atoms with Gasteiger partial charge in [-0.1, -0.05) is 6.92 Å². The zero-order chi connectivity index (χ0) is 9.68. The van der Waals surface area contributed by atoms with Gasteiger partial charge in [0.15, 0.2) is 0 Å². The molecule has 1 rings (SSSR count). The third kappa shape index (κ3) is 3.77. The maximum Gasteiger partial charge on any atom is 0.306 e. The fourth-order valence-electron chi connectivity index (χ4n) is 1.40. The Morgan fingerprint density at radius 3 is 2.85 bits per heavy atom. The number of carbonyl (C=O) groups is 1. The van der Waals surface area contributed by atoms with E-state index in [0.29, 0.717) is 19.1 Å². The first-order valence-corrected chi connectivity index (χ1v) is 5.03. The lowest BCUT2D eigenvalue weighted by molar-refractivity contribution is -0.158. The lowest BCUT2D eigenvalue weighted by atomic mass is 10.1. The van der Waals surface area contributed by atoms with Crippen LogP contribution in [0, 0.1) is 0 Å². The average molecular weight is 186 g/mol. The Morgan fingerprint density at radius 2 is 2.31 bits per heavy atom. The molecule has 0 spiro atoms. The van der Waals surface area contributed by atoms with Gasteiger partial charge in [-0.15, -0.1) is 0 Å². The number of ether oxygens (including phenoxy) is 2. The Hall–Kier alpha value is -0.570. The number of hydrogen-bond acceptors (Lipinski definition) is 3. The van der Waals surface area contributed by atoms with Crippen LogP contribution in [0.15, 0.2) is 0 Å². The molecule has 1 aliphatic rings. The highest BCUT2D eigenvalue weighted by Gasteiger charge is 2.21. The Kier molecular flexibility index (Phi) is 4.22. The summed E-state index contributed by atoms with van der Waals surface area (Å²) in [6, 6.07) is 0. The van der Waals surface area contributed by atoms with Crippen LogP contribution in [0.4, 0.5) is 0 Å². The maximum atomic E-state index is 11.1. The fourth-order valence-corrected chi connectivity index (χ4v) is 1.40. The molecule has 1 fully saturated rings. The molecule has 1 heterocycles. The summed E-state index contributed by atoms with van der Waals surface area (Å²) in [6.07, 6.45) is 3.62. The molecule has 0 bridgehead atoms. The van der Waals surface area contributed by atoms with Crippen molar-refractivity contribution < 1.29 is 14.3 Å². The molecule has 0 radical (unpaired) electrons. The number of rotatable bonds is 3. The lowest BCUT2D eigenvalue weighted by Crippen LogP contribution is -2.31. The average Bonchev–Trinajstić information content (AvgIpc) is 2.09. The molecule has 0 aliphatic carbocycles. The highest BCUT2D eigenvalue weighted by Crippen LogP contribution is 2.16.